The molecule has 1 aliphatic rings. The van der Waals surface area contributed by atoms with E-state index in [0.717, 1.165) is 17.3 Å². The minimum atomic E-state index is -1.24. The summed E-state index contributed by atoms with van der Waals surface area (Å²) in [6.45, 7) is 0. The first kappa shape index (κ1) is 16.3. The first-order valence-electron chi connectivity index (χ1n) is 6.83. The third kappa shape index (κ3) is 2.93. The number of carboxylic acid groups (broad SMARTS) is 1. The van der Waals surface area contributed by atoms with Crippen LogP contribution in [-0.4, -0.2) is 31.0 Å². The van der Waals surface area contributed by atoms with Gasteiger partial charge in [0, 0.05) is 25.5 Å². The second kappa shape index (κ2) is 6.14. The number of aromatic nitrogens is 1. The molecule has 3 rings (SSSR count). The van der Waals surface area contributed by atoms with Crippen LogP contribution in [0.25, 0.3) is 6.08 Å². The number of carboxylic acids is 1. The summed E-state index contributed by atoms with van der Waals surface area (Å²) in [5.74, 6) is -1.97. The van der Waals surface area contributed by atoms with E-state index in [1.165, 1.54) is 23.1 Å². The molecular weight excluding hydrogens is 348 g/mol. The molecule has 2 heterocycles. The first-order chi connectivity index (χ1) is 11.4. The van der Waals surface area contributed by atoms with Crippen LogP contribution in [0, 0.1) is 0 Å². The van der Waals surface area contributed by atoms with Gasteiger partial charge in [-0.05, 0) is 29.8 Å². The molecule has 1 aromatic carbocycles. The number of aromatic carboxylic acids is 1. The Kier molecular flexibility index (Phi) is 4.16. The van der Waals surface area contributed by atoms with E-state index in [0.29, 0.717) is 14.9 Å². The van der Waals surface area contributed by atoms with Crippen LogP contribution >= 0.6 is 24.0 Å². The van der Waals surface area contributed by atoms with E-state index in [4.69, 9.17) is 17.3 Å². The molecule has 0 spiro atoms. The molecule has 0 bridgehead atoms. The first-order valence-corrected chi connectivity index (χ1v) is 8.05. The number of thiocarbonyl (C=S) groups is 1. The monoisotopic (exact) mass is 360 g/mol. The van der Waals surface area contributed by atoms with Crippen molar-refractivity contribution >= 4 is 51.9 Å². The molecule has 2 N–H and O–H groups in total. The van der Waals surface area contributed by atoms with Crippen molar-refractivity contribution in [2.24, 2.45) is 7.05 Å². The molecule has 0 radical (unpaired) electrons. The Balaban J connectivity index is 1.94. The molecule has 0 aliphatic carbocycles. The van der Waals surface area contributed by atoms with Gasteiger partial charge in [-0.25, -0.2) is 4.79 Å². The number of aromatic hydroxyl groups is 1. The van der Waals surface area contributed by atoms with Crippen molar-refractivity contribution in [3.8, 4) is 5.75 Å². The van der Waals surface area contributed by atoms with E-state index in [1.54, 1.807) is 6.08 Å². The molecule has 0 unspecified atom stereocenters. The number of carbonyl (C=O) groups is 2. The molecule has 122 valence electrons. The van der Waals surface area contributed by atoms with Gasteiger partial charge in [0.05, 0.1) is 10.6 Å². The number of rotatable bonds is 3. The van der Waals surface area contributed by atoms with Crippen molar-refractivity contribution in [3.05, 3.63) is 52.7 Å². The van der Waals surface area contributed by atoms with Crippen LogP contribution in [0.1, 0.15) is 15.9 Å². The van der Waals surface area contributed by atoms with Gasteiger partial charge in [0.15, 0.2) is 4.32 Å². The zero-order valence-corrected chi connectivity index (χ0v) is 14.1. The summed E-state index contributed by atoms with van der Waals surface area (Å²) in [6, 6.07) is 5.78. The van der Waals surface area contributed by atoms with Gasteiger partial charge in [0.1, 0.15) is 11.3 Å². The van der Waals surface area contributed by atoms with Gasteiger partial charge in [0.25, 0.3) is 5.91 Å². The summed E-state index contributed by atoms with van der Waals surface area (Å²) in [5.41, 5.74) is 0.975. The molecule has 1 amide bonds. The molecule has 1 aromatic heterocycles. The van der Waals surface area contributed by atoms with E-state index < -0.39 is 11.7 Å². The van der Waals surface area contributed by atoms with E-state index >= 15 is 0 Å². The standard InChI is InChI=1S/C16H12N2O4S2/c1-17-5-4-9(8-17)6-13-14(20)18(16(23)24-13)10-2-3-11(15(21)22)12(19)7-10/h2-8,19H,1H3,(H,21,22)/b13-6+. The van der Waals surface area contributed by atoms with Crippen molar-refractivity contribution in [3.63, 3.8) is 0 Å². The zero-order chi connectivity index (χ0) is 17.4. The van der Waals surface area contributed by atoms with Crippen LogP contribution in [0.4, 0.5) is 5.69 Å². The van der Waals surface area contributed by atoms with E-state index in [1.807, 2.05) is 30.1 Å². The van der Waals surface area contributed by atoms with E-state index in [9.17, 15) is 14.7 Å². The largest absolute Gasteiger partial charge is 0.507 e. The minimum Gasteiger partial charge on any atom is -0.507 e. The highest BCUT2D eigenvalue weighted by Crippen LogP contribution is 2.37. The molecular formula is C16H12N2O4S2. The molecule has 1 fully saturated rings. The Morgan fingerprint density at radius 2 is 2.08 bits per heavy atom. The van der Waals surface area contributed by atoms with Crippen molar-refractivity contribution in [2.45, 2.75) is 0 Å². The Bertz CT molecular complexity index is 901. The minimum absolute atomic E-state index is 0.232. The van der Waals surface area contributed by atoms with Gasteiger partial charge in [-0.1, -0.05) is 24.0 Å². The van der Waals surface area contributed by atoms with Gasteiger partial charge >= 0.3 is 5.97 Å². The van der Waals surface area contributed by atoms with Crippen LogP contribution in [0.2, 0.25) is 0 Å². The lowest BCUT2D eigenvalue weighted by atomic mass is 10.1. The number of aryl methyl sites for hydroxylation is 1. The summed E-state index contributed by atoms with van der Waals surface area (Å²) < 4.78 is 2.19. The number of thioether (sulfide) groups is 1. The third-order valence-electron chi connectivity index (χ3n) is 3.42. The highest BCUT2D eigenvalue weighted by molar-refractivity contribution is 8.27. The number of benzene rings is 1. The Hall–Kier alpha value is -2.58. The Morgan fingerprint density at radius 1 is 1.33 bits per heavy atom. The normalized spacial score (nSPS) is 16.2. The maximum atomic E-state index is 12.6. The van der Waals surface area contributed by atoms with Crippen LogP contribution in [-0.2, 0) is 11.8 Å². The smallest absolute Gasteiger partial charge is 0.339 e. The molecule has 24 heavy (non-hydrogen) atoms. The Labute approximate surface area is 147 Å². The number of amides is 1. The second-order valence-electron chi connectivity index (χ2n) is 5.13. The Morgan fingerprint density at radius 3 is 2.67 bits per heavy atom. The maximum Gasteiger partial charge on any atom is 0.339 e. The van der Waals surface area contributed by atoms with Crippen molar-refractivity contribution in [1.82, 2.24) is 4.57 Å². The van der Waals surface area contributed by atoms with Gasteiger partial charge in [-0.2, -0.15) is 0 Å². The number of hydrogen-bond acceptors (Lipinski definition) is 5. The second-order valence-corrected chi connectivity index (χ2v) is 6.81. The van der Waals surface area contributed by atoms with Gasteiger partial charge in [-0.3, -0.25) is 9.69 Å². The molecule has 6 nitrogen and oxygen atoms in total. The average molecular weight is 360 g/mol. The molecule has 2 aromatic rings. The molecule has 1 aliphatic heterocycles. The third-order valence-corrected chi connectivity index (χ3v) is 4.72. The predicted octanol–water partition coefficient (Wildman–Crippen LogP) is 2.83. The fourth-order valence-corrected chi connectivity index (χ4v) is 3.59. The predicted molar refractivity (Wildman–Crippen MR) is 96.1 cm³/mol. The fourth-order valence-electron chi connectivity index (χ4n) is 2.29. The summed E-state index contributed by atoms with van der Waals surface area (Å²) in [5, 5.41) is 18.8. The summed E-state index contributed by atoms with van der Waals surface area (Å²) in [6.07, 6.45) is 5.49. The number of carbonyl (C=O) groups excluding carboxylic acids is 1. The van der Waals surface area contributed by atoms with Gasteiger partial charge in [-0.15, -0.1) is 0 Å². The number of anilines is 1. The highest BCUT2D eigenvalue weighted by Gasteiger charge is 2.33. The van der Waals surface area contributed by atoms with Crippen molar-refractivity contribution in [1.29, 1.82) is 0 Å². The van der Waals surface area contributed by atoms with Crippen LogP contribution in [0.3, 0.4) is 0 Å². The van der Waals surface area contributed by atoms with Gasteiger partial charge in [0.2, 0.25) is 0 Å². The maximum absolute atomic E-state index is 12.6. The fraction of sp³-hybridized carbons (Fsp3) is 0.0625. The topological polar surface area (TPSA) is 82.8 Å². The summed E-state index contributed by atoms with van der Waals surface area (Å²) >= 11 is 6.41. The quantitative estimate of drug-likeness (QED) is 0.647. The van der Waals surface area contributed by atoms with Gasteiger partial charge < -0.3 is 14.8 Å². The number of hydrogen-bond donors (Lipinski definition) is 2. The molecule has 1 saturated heterocycles. The summed E-state index contributed by atoms with van der Waals surface area (Å²) in [7, 11) is 1.88. The number of nitrogens with zero attached hydrogens (tertiary/aromatic N) is 2. The molecule has 0 atom stereocenters. The average Bonchev–Trinajstić information content (AvgIpc) is 3.02. The lowest BCUT2D eigenvalue weighted by Gasteiger charge is -2.15. The van der Waals surface area contributed by atoms with Crippen molar-refractivity contribution < 1.29 is 19.8 Å². The zero-order valence-electron chi connectivity index (χ0n) is 12.5. The lowest BCUT2D eigenvalue weighted by Crippen LogP contribution is -2.27. The highest BCUT2D eigenvalue weighted by atomic mass is 32.2. The van der Waals surface area contributed by atoms with Crippen LogP contribution < -0.4 is 4.90 Å². The van der Waals surface area contributed by atoms with E-state index in [2.05, 4.69) is 0 Å². The SMILES string of the molecule is Cn1ccc(/C=C2/SC(=S)N(c3ccc(C(=O)O)c(O)c3)C2=O)c1. The van der Waals surface area contributed by atoms with Crippen molar-refractivity contribution in [2.75, 3.05) is 4.90 Å². The van der Waals surface area contributed by atoms with E-state index in [-0.39, 0.29) is 11.5 Å². The number of phenols is 1. The summed E-state index contributed by atoms with van der Waals surface area (Å²) in [4.78, 5) is 25.3. The molecule has 0 saturated carbocycles. The molecule has 8 heteroatoms. The van der Waals surface area contributed by atoms with Crippen LogP contribution in [0.5, 0.6) is 5.75 Å². The van der Waals surface area contributed by atoms with Crippen LogP contribution in [0.15, 0.2) is 41.6 Å². The lowest BCUT2D eigenvalue weighted by molar-refractivity contribution is -0.113.